The predicted octanol–water partition coefficient (Wildman–Crippen LogP) is 3.78. The van der Waals surface area contributed by atoms with Crippen molar-refractivity contribution >= 4 is 46.0 Å². The summed E-state index contributed by atoms with van der Waals surface area (Å²) < 4.78 is 6.78. The van der Waals surface area contributed by atoms with Gasteiger partial charge in [-0.25, -0.2) is 14.3 Å². The summed E-state index contributed by atoms with van der Waals surface area (Å²) >= 11 is 5.98. The lowest BCUT2D eigenvalue weighted by Crippen LogP contribution is -2.05. The fourth-order valence-corrected chi connectivity index (χ4v) is 2.75. The molecule has 8 heteroatoms. The topological polar surface area (TPSA) is 84.3 Å². The molecule has 0 aliphatic rings. The number of aromatic amines is 1. The molecule has 0 saturated carbocycles. The highest BCUT2D eigenvalue weighted by Gasteiger charge is 2.11. The molecule has 2 N–H and O–H groups in total. The van der Waals surface area contributed by atoms with Gasteiger partial charge in [-0.1, -0.05) is 17.7 Å². The fourth-order valence-electron chi connectivity index (χ4n) is 2.59. The molecular formula is C17H14ClN5O2. The van der Waals surface area contributed by atoms with E-state index < -0.39 is 0 Å². The van der Waals surface area contributed by atoms with E-state index >= 15 is 0 Å². The van der Waals surface area contributed by atoms with Crippen LogP contribution in [0.2, 0.25) is 5.02 Å². The zero-order valence-corrected chi connectivity index (χ0v) is 14.0. The second-order valence-electron chi connectivity index (χ2n) is 5.38. The molecule has 2 aromatic heterocycles. The summed E-state index contributed by atoms with van der Waals surface area (Å²) in [6.07, 6.45) is 0. The Morgan fingerprint density at radius 3 is 3.00 bits per heavy atom. The molecule has 0 fully saturated rings. The molecule has 2 aromatic carbocycles. The normalized spacial score (nSPS) is 11.1. The summed E-state index contributed by atoms with van der Waals surface area (Å²) in [5, 5.41) is 6.89. The molecule has 0 bridgehead atoms. The minimum atomic E-state index is -0.358. The van der Waals surface area contributed by atoms with E-state index in [0.29, 0.717) is 28.9 Å². The van der Waals surface area contributed by atoms with Gasteiger partial charge in [0.1, 0.15) is 0 Å². The van der Waals surface area contributed by atoms with Crippen molar-refractivity contribution in [3.63, 3.8) is 0 Å². The predicted molar refractivity (Wildman–Crippen MR) is 95.5 cm³/mol. The maximum Gasteiger partial charge on any atom is 0.338 e. The third-order valence-electron chi connectivity index (χ3n) is 3.66. The van der Waals surface area contributed by atoms with Gasteiger partial charge in [0, 0.05) is 10.7 Å². The van der Waals surface area contributed by atoms with Gasteiger partial charge < -0.3 is 10.1 Å². The summed E-state index contributed by atoms with van der Waals surface area (Å²) in [6, 6.07) is 12.5. The van der Waals surface area contributed by atoms with Crippen LogP contribution >= 0.6 is 11.6 Å². The van der Waals surface area contributed by atoms with Gasteiger partial charge in [0.05, 0.1) is 23.2 Å². The number of benzene rings is 2. The number of rotatable bonds is 4. The number of imidazole rings is 1. The van der Waals surface area contributed by atoms with E-state index in [4.69, 9.17) is 16.3 Å². The second kappa shape index (κ2) is 6.10. The third-order valence-corrected chi connectivity index (χ3v) is 3.90. The van der Waals surface area contributed by atoms with Gasteiger partial charge in [0.2, 0.25) is 5.95 Å². The smallest absolute Gasteiger partial charge is 0.338 e. The average molecular weight is 356 g/mol. The highest BCUT2D eigenvalue weighted by Crippen LogP contribution is 2.22. The number of carbonyl (C=O) groups is 1. The number of H-pyrrole nitrogens is 1. The maximum atomic E-state index is 11.8. The number of aromatic nitrogens is 4. The number of carbonyl (C=O) groups excluding carboxylic acids is 1. The molecule has 0 saturated heterocycles. The van der Waals surface area contributed by atoms with Crippen molar-refractivity contribution < 1.29 is 9.53 Å². The van der Waals surface area contributed by atoms with E-state index in [1.54, 1.807) is 41.8 Å². The van der Waals surface area contributed by atoms with Crippen LogP contribution < -0.4 is 5.32 Å². The molecular weight excluding hydrogens is 342 g/mol. The van der Waals surface area contributed by atoms with Crippen molar-refractivity contribution in [2.75, 3.05) is 11.9 Å². The minimum Gasteiger partial charge on any atom is -0.462 e. The van der Waals surface area contributed by atoms with Crippen LogP contribution in [-0.4, -0.2) is 32.2 Å². The lowest BCUT2D eigenvalue weighted by Gasteiger charge is -2.05. The number of esters is 1. The van der Waals surface area contributed by atoms with Gasteiger partial charge in [0.25, 0.3) is 5.78 Å². The number of fused-ring (bicyclic) bond motifs is 3. The zero-order chi connectivity index (χ0) is 17.4. The first-order valence-electron chi connectivity index (χ1n) is 7.72. The first-order chi connectivity index (χ1) is 12.1. The van der Waals surface area contributed by atoms with E-state index in [2.05, 4.69) is 20.4 Å². The van der Waals surface area contributed by atoms with Crippen molar-refractivity contribution in [1.82, 2.24) is 19.6 Å². The molecule has 0 aliphatic heterocycles. The number of halogens is 1. The Hall–Kier alpha value is -3.06. The van der Waals surface area contributed by atoms with Crippen LogP contribution in [0.25, 0.3) is 16.8 Å². The van der Waals surface area contributed by atoms with Crippen LogP contribution in [-0.2, 0) is 4.74 Å². The average Bonchev–Trinajstić information content (AvgIpc) is 3.11. The number of ether oxygens (including phenoxy) is 1. The Morgan fingerprint density at radius 2 is 2.16 bits per heavy atom. The van der Waals surface area contributed by atoms with Crippen LogP contribution in [0, 0.1) is 0 Å². The van der Waals surface area contributed by atoms with E-state index in [0.717, 1.165) is 16.7 Å². The first kappa shape index (κ1) is 15.5. The Kier molecular flexibility index (Phi) is 3.77. The largest absolute Gasteiger partial charge is 0.462 e. The van der Waals surface area contributed by atoms with Crippen molar-refractivity contribution in [1.29, 1.82) is 0 Å². The molecule has 25 heavy (non-hydrogen) atoms. The summed E-state index contributed by atoms with van der Waals surface area (Å²) in [7, 11) is 0. The van der Waals surface area contributed by atoms with Gasteiger partial charge in [-0.3, -0.25) is 5.10 Å². The Labute approximate surface area is 147 Å². The van der Waals surface area contributed by atoms with Crippen LogP contribution in [0.4, 0.5) is 11.6 Å². The quantitative estimate of drug-likeness (QED) is 0.544. The lowest BCUT2D eigenvalue weighted by atomic mass is 10.2. The summed E-state index contributed by atoms with van der Waals surface area (Å²) in [5.74, 6) is 0.685. The number of anilines is 2. The summed E-state index contributed by atoms with van der Waals surface area (Å²) in [5.41, 5.74) is 2.83. The Morgan fingerprint density at radius 1 is 1.28 bits per heavy atom. The SMILES string of the molecule is CCOC(=O)c1cccc(Nc2nc3nc4cc(Cl)ccc4n3[nH]2)c1. The van der Waals surface area contributed by atoms with Crippen molar-refractivity contribution in [2.24, 2.45) is 0 Å². The van der Waals surface area contributed by atoms with E-state index in [1.807, 2.05) is 12.1 Å². The van der Waals surface area contributed by atoms with Crippen LogP contribution in [0.15, 0.2) is 42.5 Å². The Bertz CT molecular complexity index is 1090. The summed E-state index contributed by atoms with van der Waals surface area (Å²) in [4.78, 5) is 20.7. The standard InChI is InChI=1S/C17H14ClN5O2/c1-2-25-15(24)10-4-3-5-12(8-10)19-16-21-17-20-13-9-11(18)6-7-14(13)23(17)22-16/h3-9H,2H2,1H3,(H2,19,20,21,22). The fraction of sp³-hybridized carbons (Fsp3) is 0.118. The number of nitrogens with one attached hydrogen (secondary N) is 2. The molecule has 0 amide bonds. The lowest BCUT2D eigenvalue weighted by molar-refractivity contribution is 0.0526. The molecule has 0 atom stereocenters. The van der Waals surface area contributed by atoms with E-state index in [1.165, 1.54) is 0 Å². The molecule has 4 rings (SSSR count). The van der Waals surface area contributed by atoms with Crippen molar-refractivity contribution in [3.05, 3.63) is 53.1 Å². The highest BCUT2D eigenvalue weighted by molar-refractivity contribution is 6.31. The highest BCUT2D eigenvalue weighted by atomic mass is 35.5. The van der Waals surface area contributed by atoms with E-state index in [9.17, 15) is 4.79 Å². The van der Waals surface area contributed by atoms with Gasteiger partial charge in [0.15, 0.2) is 0 Å². The minimum absolute atomic E-state index is 0.336. The van der Waals surface area contributed by atoms with Crippen molar-refractivity contribution in [2.45, 2.75) is 6.92 Å². The number of hydrogen-bond acceptors (Lipinski definition) is 5. The van der Waals surface area contributed by atoms with Gasteiger partial charge in [-0.15, -0.1) is 0 Å². The van der Waals surface area contributed by atoms with Gasteiger partial charge in [-0.05, 0) is 43.3 Å². The van der Waals surface area contributed by atoms with Gasteiger partial charge >= 0.3 is 5.97 Å². The molecule has 2 heterocycles. The monoisotopic (exact) mass is 355 g/mol. The second-order valence-corrected chi connectivity index (χ2v) is 5.82. The maximum absolute atomic E-state index is 11.8. The molecule has 0 spiro atoms. The zero-order valence-electron chi connectivity index (χ0n) is 13.3. The molecule has 0 aliphatic carbocycles. The summed E-state index contributed by atoms with van der Waals surface area (Å²) in [6.45, 7) is 2.11. The van der Waals surface area contributed by atoms with Crippen LogP contribution in [0.1, 0.15) is 17.3 Å². The Balaban J connectivity index is 1.64. The van der Waals surface area contributed by atoms with E-state index in [-0.39, 0.29) is 5.97 Å². The number of hydrogen-bond donors (Lipinski definition) is 2. The molecule has 126 valence electrons. The molecule has 4 aromatic rings. The molecule has 0 unspecified atom stereocenters. The van der Waals surface area contributed by atoms with Crippen LogP contribution in [0.5, 0.6) is 0 Å². The van der Waals surface area contributed by atoms with Crippen LogP contribution in [0.3, 0.4) is 0 Å². The van der Waals surface area contributed by atoms with Crippen molar-refractivity contribution in [3.8, 4) is 0 Å². The molecule has 7 nitrogen and oxygen atoms in total. The third kappa shape index (κ3) is 2.89. The first-order valence-corrected chi connectivity index (χ1v) is 8.10. The van der Waals surface area contributed by atoms with Gasteiger partial charge in [-0.2, -0.15) is 4.98 Å². The molecule has 0 radical (unpaired) electrons. The number of nitrogens with zero attached hydrogens (tertiary/aromatic N) is 3.